The summed E-state index contributed by atoms with van der Waals surface area (Å²) < 4.78 is 11.3. The molecule has 1 N–H and O–H groups in total. The van der Waals surface area contributed by atoms with Crippen LogP contribution in [-0.4, -0.2) is 49.1 Å². The lowest BCUT2D eigenvalue weighted by Crippen LogP contribution is -2.34. The first-order valence-electron chi connectivity index (χ1n) is 9.62. The highest BCUT2D eigenvalue weighted by Crippen LogP contribution is 2.29. The van der Waals surface area contributed by atoms with Crippen LogP contribution in [0.1, 0.15) is 39.2 Å². The van der Waals surface area contributed by atoms with Crippen LogP contribution in [-0.2, 0) is 9.59 Å². The number of nitrogens with one attached hydrogen (secondary N) is 1. The van der Waals surface area contributed by atoms with Crippen LogP contribution in [0.15, 0.2) is 23.8 Å². The number of carbonyl (C=O) groups is 2. The molecule has 1 aromatic rings. The van der Waals surface area contributed by atoms with Gasteiger partial charge in [0.2, 0.25) is 0 Å². The van der Waals surface area contributed by atoms with E-state index in [9.17, 15) is 14.9 Å². The van der Waals surface area contributed by atoms with Gasteiger partial charge in [-0.2, -0.15) is 5.26 Å². The van der Waals surface area contributed by atoms with Crippen molar-refractivity contribution >= 4 is 17.9 Å². The highest BCUT2D eigenvalue weighted by Gasteiger charge is 2.24. The lowest BCUT2D eigenvalue weighted by atomic mass is 10.1. The average Bonchev–Trinajstić information content (AvgIpc) is 3.50. The minimum absolute atomic E-state index is 0.0414. The standard InChI is InChI=1S/C21H27N3O4/c1-4-24(5-2)20(25)14-28-18-10-7-15(12-19(18)27-6-3)11-16(13-22)21(26)23-17-8-9-17/h7,10-12,17H,4-6,8-9,14H2,1-3H3,(H,23,26)/b16-11+. The van der Waals surface area contributed by atoms with E-state index in [2.05, 4.69) is 5.32 Å². The number of ether oxygens (including phenoxy) is 2. The van der Waals surface area contributed by atoms with Gasteiger partial charge in [0.25, 0.3) is 11.8 Å². The smallest absolute Gasteiger partial charge is 0.262 e. The number of carbonyl (C=O) groups excluding carboxylic acids is 2. The Morgan fingerprint density at radius 1 is 1.21 bits per heavy atom. The van der Waals surface area contributed by atoms with E-state index in [1.165, 1.54) is 6.08 Å². The molecule has 0 spiro atoms. The molecule has 1 saturated carbocycles. The van der Waals surface area contributed by atoms with Gasteiger partial charge in [0, 0.05) is 19.1 Å². The third-order valence-corrected chi connectivity index (χ3v) is 4.32. The van der Waals surface area contributed by atoms with Crippen molar-refractivity contribution < 1.29 is 19.1 Å². The fraction of sp³-hybridized carbons (Fsp3) is 0.476. The fourth-order valence-electron chi connectivity index (χ4n) is 2.62. The quantitative estimate of drug-likeness (QED) is 0.494. The molecular formula is C21H27N3O4. The predicted octanol–water partition coefficient (Wildman–Crippen LogP) is 2.52. The first-order valence-corrected chi connectivity index (χ1v) is 9.62. The lowest BCUT2D eigenvalue weighted by Gasteiger charge is -2.19. The molecular weight excluding hydrogens is 358 g/mol. The van der Waals surface area contributed by atoms with Gasteiger partial charge in [-0.3, -0.25) is 9.59 Å². The summed E-state index contributed by atoms with van der Waals surface area (Å²) in [5, 5.41) is 12.1. The van der Waals surface area contributed by atoms with Crippen LogP contribution in [0.2, 0.25) is 0 Å². The number of amides is 2. The number of rotatable bonds is 10. The molecule has 0 aromatic heterocycles. The van der Waals surface area contributed by atoms with E-state index in [0.29, 0.717) is 36.8 Å². The van der Waals surface area contributed by atoms with E-state index in [0.717, 1.165) is 12.8 Å². The van der Waals surface area contributed by atoms with Crippen LogP contribution in [0.4, 0.5) is 0 Å². The van der Waals surface area contributed by atoms with Crippen molar-refractivity contribution in [2.75, 3.05) is 26.3 Å². The number of benzene rings is 1. The van der Waals surface area contributed by atoms with Gasteiger partial charge in [-0.25, -0.2) is 0 Å². The zero-order valence-corrected chi connectivity index (χ0v) is 16.7. The van der Waals surface area contributed by atoms with Crippen molar-refractivity contribution in [3.63, 3.8) is 0 Å². The number of hydrogen-bond donors (Lipinski definition) is 1. The Hall–Kier alpha value is -3.01. The summed E-state index contributed by atoms with van der Waals surface area (Å²) in [7, 11) is 0. The number of hydrogen-bond acceptors (Lipinski definition) is 5. The van der Waals surface area contributed by atoms with Gasteiger partial charge in [0.1, 0.15) is 11.6 Å². The maximum atomic E-state index is 12.1. The van der Waals surface area contributed by atoms with E-state index >= 15 is 0 Å². The van der Waals surface area contributed by atoms with Crippen LogP contribution in [0.25, 0.3) is 6.08 Å². The number of nitriles is 1. The normalized spacial score (nSPS) is 13.4. The van der Waals surface area contributed by atoms with Crippen molar-refractivity contribution in [1.82, 2.24) is 10.2 Å². The molecule has 0 unspecified atom stereocenters. The molecule has 0 heterocycles. The van der Waals surface area contributed by atoms with Gasteiger partial charge in [0.15, 0.2) is 18.1 Å². The monoisotopic (exact) mass is 385 g/mol. The molecule has 1 fully saturated rings. The Bertz CT molecular complexity index is 774. The Labute approximate surface area is 165 Å². The van der Waals surface area contributed by atoms with Gasteiger partial charge in [-0.15, -0.1) is 0 Å². The average molecular weight is 385 g/mol. The molecule has 7 heteroatoms. The highest BCUT2D eigenvalue weighted by atomic mass is 16.5. The van der Waals surface area contributed by atoms with Gasteiger partial charge in [0.05, 0.1) is 6.61 Å². The van der Waals surface area contributed by atoms with Crippen LogP contribution in [0.5, 0.6) is 11.5 Å². The molecule has 2 rings (SSSR count). The van der Waals surface area contributed by atoms with E-state index in [1.54, 1.807) is 23.1 Å². The van der Waals surface area contributed by atoms with Gasteiger partial charge in [-0.1, -0.05) is 6.07 Å². The molecule has 0 radical (unpaired) electrons. The van der Waals surface area contributed by atoms with Crippen LogP contribution >= 0.6 is 0 Å². The molecule has 150 valence electrons. The molecule has 1 aliphatic carbocycles. The lowest BCUT2D eigenvalue weighted by molar-refractivity contribution is -0.133. The Balaban J connectivity index is 2.14. The summed E-state index contributed by atoms with van der Waals surface area (Å²) in [4.78, 5) is 25.9. The third-order valence-electron chi connectivity index (χ3n) is 4.32. The number of likely N-dealkylation sites (N-methyl/N-ethyl adjacent to an activating group) is 1. The van der Waals surface area contributed by atoms with Gasteiger partial charge in [-0.05, 0) is 57.4 Å². The second-order valence-corrected chi connectivity index (χ2v) is 6.41. The summed E-state index contributed by atoms with van der Waals surface area (Å²) in [6, 6.07) is 7.23. The van der Waals surface area contributed by atoms with Crippen LogP contribution in [0, 0.1) is 11.3 Å². The molecule has 1 aromatic carbocycles. The fourth-order valence-corrected chi connectivity index (χ4v) is 2.62. The van der Waals surface area contributed by atoms with Crippen LogP contribution < -0.4 is 14.8 Å². The zero-order chi connectivity index (χ0) is 20.5. The van der Waals surface area contributed by atoms with Crippen molar-refractivity contribution in [1.29, 1.82) is 5.26 Å². The molecule has 28 heavy (non-hydrogen) atoms. The Morgan fingerprint density at radius 2 is 1.93 bits per heavy atom. The van der Waals surface area contributed by atoms with Gasteiger partial charge < -0.3 is 19.7 Å². The largest absolute Gasteiger partial charge is 0.490 e. The van der Waals surface area contributed by atoms with Crippen LogP contribution in [0.3, 0.4) is 0 Å². The van der Waals surface area contributed by atoms with Crippen molar-refractivity contribution in [3.05, 3.63) is 29.3 Å². The topological polar surface area (TPSA) is 91.7 Å². The third kappa shape index (κ3) is 6.02. The summed E-state index contributed by atoms with van der Waals surface area (Å²) in [5.74, 6) is 0.442. The minimum atomic E-state index is -0.367. The molecule has 0 bridgehead atoms. The summed E-state index contributed by atoms with van der Waals surface area (Å²) >= 11 is 0. The Kier molecular flexibility index (Phi) is 7.88. The summed E-state index contributed by atoms with van der Waals surface area (Å²) in [5.41, 5.74) is 0.688. The molecule has 0 saturated heterocycles. The second-order valence-electron chi connectivity index (χ2n) is 6.41. The highest BCUT2D eigenvalue weighted by molar-refractivity contribution is 6.02. The maximum Gasteiger partial charge on any atom is 0.262 e. The molecule has 0 atom stereocenters. The maximum absolute atomic E-state index is 12.1. The molecule has 2 amide bonds. The van der Waals surface area contributed by atoms with Gasteiger partial charge >= 0.3 is 0 Å². The van der Waals surface area contributed by atoms with E-state index in [1.807, 2.05) is 26.8 Å². The molecule has 1 aliphatic rings. The van der Waals surface area contributed by atoms with Crippen molar-refractivity contribution in [2.24, 2.45) is 0 Å². The SMILES string of the molecule is CCOc1cc(/C=C(\C#N)C(=O)NC2CC2)ccc1OCC(=O)N(CC)CC. The summed E-state index contributed by atoms with van der Waals surface area (Å²) in [6.45, 7) is 7.27. The second kappa shape index (κ2) is 10.4. The van der Waals surface area contributed by atoms with E-state index < -0.39 is 0 Å². The minimum Gasteiger partial charge on any atom is -0.490 e. The first kappa shape index (κ1) is 21.3. The molecule has 7 nitrogen and oxygen atoms in total. The van der Waals surface area contributed by atoms with Crippen molar-refractivity contribution in [2.45, 2.75) is 39.7 Å². The van der Waals surface area contributed by atoms with E-state index in [4.69, 9.17) is 9.47 Å². The first-order chi connectivity index (χ1) is 13.5. The number of nitrogens with zero attached hydrogens (tertiary/aromatic N) is 2. The zero-order valence-electron chi connectivity index (χ0n) is 16.7. The van der Waals surface area contributed by atoms with E-state index in [-0.39, 0.29) is 30.0 Å². The predicted molar refractivity (Wildman–Crippen MR) is 106 cm³/mol. The molecule has 0 aliphatic heterocycles. The van der Waals surface area contributed by atoms with Crippen molar-refractivity contribution in [3.8, 4) is 17.6 Å². The summed E-state index contributed by atoms with van der Waals surface area (Å²) in [6.07, 6.45) is 3.43. The Morgan fingerprint density at radius 3 is 2.50 bits per heavy atom.